The summed E-state index contributed by atoms with van der Waals surface area (Å²) >= 11 is 12.1. The summed E-state index contributed by atoms with van der Waals surface area (Å²) < 4.78 is 1.59. The molecule has 1 aromatic carbocycles. The van der Waals surface area contributed by atoms with Crippen molar-refractivity contribution < 1.29 is 0 Å². The van der Waals surface area contributed by atoms with Crippen molar-refractivity contribution in [3.05, 3.63) is 52.3 Å². The highest BCUT2D eigenvalue weighted by Gasteiger charge is 2.10. The van der Waals surface area contributed by atoms with Crippen LogP contribution in [0.2, 0.25) is 10.0 Å². The fraction of sp³-hybridized carbons (Fsp3) is 0.0833. The molecule has 0 saturated carbocycles. The zero-order valence-electron chi connectivity index (χ0n) is 10.6. The molecule has 0 aliphatic heterocycles. The van der Waals surface area contributed by atoms with Crippen LogP contribution in [0.25, 0.3) is 0 Å². The topological polar surface area (TPSA) is 81.4 Å². The first-order valence-corrected chi connectivity index (χ1v) is 6.72. The molecule has 3 aromatic rings. The van der Waals surface area contributed by atoms with Gasteiger partial charge in [-0.3, -0.25) is 0 Å². The summed E-state index contributed by atoms with van der Waals surface area (Å²) in [6.07, 6.45) is 3.26. The van der Waals surface area contributed by atoms with E-state index in [4.69, 9.17) is 23.2 Å². The first-order valence-electron chi connectivity index (χ1n) is 5.97. The predicted molar refractivity (Wildman–Crippen MR) is 78.7 cm³/mol. The second-order valence-electron chi connectivity index (χ2n) is 4.14. The maximum Gasteiger partial charge on any atom is 0.247 e. The molecule has 2 heterocycles. The monoisotopic (exact) mass is 321 g/mol. The standard InChI is InChI=1S/C12H9Cl2N7/c13-9-2-1-3-10(11(9)14)17-12-18-19-20-21(12)7-8-4-5-15-16-6-8/h1-6H,7H2,(H,17,18,20). The van der Waals surface area contributed by atoms with Gasteiger partial charge in [-0.25, -0.2) is 4.68 Å². The highest BCUT2D eigenvalue weighted by Crippen LogP contribution is 2.31. The Hall–Kier alpha value is -2.25. The molecule has 0 atom stereocenters. The number of hydrogen-bond donors (Lipinski definition) is 1. The highest BCUT2D eigenvalue weighted by atomic mass is 35.5. The molecule has 0 aliphatic carbocycles. The number of anilines is 2. The largest absolute Gasteiger partial charge is 0.322 e. The molecule has 21 heavy (non-hydrogen) atoms. The van der Waals surface area contributed by atoms with E-state index in [9.17, 15) is 0 Å². The number of aromatic nitrogens is 6. The zero-order valence-corrected chi connectivity index (χ0v) is 12.1. The van der Waals surface area contributed by atoms with Gasteiger partial charge in [-0.15, -0.1) is 0 Å². The minimum atomic E-state index is 0.416. The van der Waals surface area contributed by atoms with E-state index in [-0.39, 0.29) is 0 Å². The molecular formula is C12H9Cl2N7. The number of nitrogens with one attached hydrogen (secondary N) is 1. The summed E-state index contributed by atoms with van der Waals surface area (Å²) in [5.74, 6) is 0.455. The van der Waals surface area contributed by atoms with E-state index in [1.807, 2.05) is 6.07 Å². The van der Waals surface area contributed by atoms with Gasteiger partial charge in [0.1, 0.15) is 0 Å². The molecule has 0 spiro atoms. The van der Waals surface area contributed by atoms with E-state index in [0.717, 1.165) is 5.56 Å². The molecule has 0 unspecified atom stereocenters. The van der Waals surface area contributed by atoms with E-state index in [1.165, 1.54) is 0 Å². The van der Waals surface area contributed by atoms with Gasteiger partial charge in [0.15, 0.2) is 0 Å². The van der Waals surface area contributed by atoms with Crippen LogP contribution in [0, 0.1) is 0 Å². The van der Waals surface area contributed by atoms with Gasteiger partial charge in [0.05, 0.1) is 28.5 Å². The van der Waals surface area contributed by atoms with Gasteiger partial charge in [0.2, 0.25) is 5.95 Å². The Labute approximate surface area is 129 Å². The third kappa shape index (κ3) is 3.09. The third-order valence-electron chi connectivity index (χ3n) is 2.71. The minimum Gasteiger partial charge on any atom is -0.322 e. The van der Waals surface area contributed by atoms with Gasteiger partial charge in [-0.05, 0) is 34.2 Å². The molecule has 9 heteroatoms. The molecule has 0 aliphatic rings. The van der Waals surface area contributed by atoms with Crippen LogP contribution >= 0.6 is 23.2 Å². The van der Waals surface area contributed by atoms with Crippen LogP contribution < -0.4 is 5.32 Å². The summed E-state index contributed by atoms with van der Waals surface area (Å²) in [5.41, 5.74) is 1.56. The van der Waals surface area contributed by atoms with Crippen molar-refractivity contribution in [2.24, 2.45) is 0 Å². The van der Waals surface area contributed by atoms with E-state index in [0.29, 0.717) is 28.2 Å². The summed E-state index contributed by atoms with van der Waals surface area (Å²) in [6, 6.07) is 7.13. The molecule has 0 radical (unpaired) electrons. The van der Waals surface area contributed by atoms with Crippen LogP contribution in [0.3, 0.4) is 0 Å². The van der Waals surface area contributed by atoms with Crippen LogP contribution in [-0.4, -0.2) is 30.4 Å². The van der Waals surface area contributed by atoms with Gasteiger partial charge in [0, 0.05) is 6.20 Å². The number of halogens is 2. The van der Waals surface area contributed by atoms with E-state index >= 15 is 0 Å². The SMILES string of the molecule is Clc1cccc(Nc2nnnn2Cc2ccnnc2)c1Cl. The van der Waals surface area contributed by atoms with Gasteiger partial charge >= 0.3 is 0 Å². The highest BCUT2D eigenvalue weighted by molar-refractivity contribution is 6.43. The lowest BCUT2D eigenvalue weighted by atomic mass is 10.3. The molecule has 3 rings (SSSR count). The van der Waals surface area contributed by atoms with Crippen molar-refractivity contribution in [2.75, 3.05) is 5.32 Å². The Morgan fingerprint density at radius 2 is 2.05 bits per heavy atom. The fourth-order valence-electron chi connectivity index (χ4n) is 1.71. The smallest absolute Gasteiger partial charge is 0.247 e. The summed E-state index contributed by atoms with van der Waals surface area (Å²) in [6.45, 7) is 0.461. The van der Waals surface area contributed by atoms with Crippen molar-refractivity contribution in [1.29, 1.82) is 0 Å². The molecular weight excluding hydrogens is 313 g/mol. The molecule has 2 aromatic heterocycles. The van der Waals surface area contributed by atoms with Crippen molar-refractivity contribution in [1.82, 2.24) is 30.4 Å². The normalized spacial score (nSPS) is 10.6. The van der Waals surface area contributed by atoms with Crippen LogP contribution in [-0.2, 0) is 6.54 Å². The lowest BCUT2D eigenvalue weighted by Gasteiger charge is -2.09. The maximum atomic E-state index is 6.13. The summed E-state index contributed by atoms with van der Waals surface area (Å²) in [7, 11) is 0. The number of benzene rings is 1. The maximum absolute atomic E-state index is 6.13. The summed E-state index contributed by atoms with van der Waals surface area (Å²) in [4.78, 5) is 0. The number of rotatable bonds is 4. The van der Waals surface area contributed by atoms with E-state index in [1.54, 1.807) is 35.3 Å². The lowest BCUT2D eigenvalue weighted by molar-refractivity contribution is 0.651. The van der Waals surface area contributed by atoms with Gasteiger partial charge in [-0.2, -0.15) is 10.2 Å². The van der Waals surface area contributed by atoms with Gasteiger partial charge in [0.25, 0.3) is 0 Å². The second kappa shape index (κ2) is 6.02. The van der Waals surface area contributed by atoms with Crippen LogP contribution in [0.5, 0.6) is 0 Å². The van der Waals surface area contributed by atoms with Crippen LogP contribution in [0.1, 0.15) is 5.56 Å². The third-order valence-corrected chi connectivity index (χ3v) is 3.53. The van der Waals surface area contributed by atoms with Gasteiger partial charge < -0.3 is 5.32 Å². The number of nitrogens with zero attached hydrogens (tertiary/aromatic N) is 6. The number of hydrogen-bond acceptors (Lipinski definition) is 6. The van der Waals surface area contributed by atoms with E-state index < -0.39 is 0 Å². The fourth-order valence-corrected chi connectivity index (χ4v) is 2.05. The van der Waals surface area contributed by atoms with Crippen molar-refractivity contribution >= 4 is 34.8 Å². The molecule has 106 valence electrons. The Balaban J connectivity index is 1.84. The minimum absolute atomic E-state index is 0.416. The van der Waals surface area contributed by atoms with Crippen molar-refractivity contribution in [3.8, 4) is 0 Å². The van der Waals surface area contributed by atoms with E-state index in [2.05, 4.69) is 31.0 Å². The average molecular weight is 322 g/mol. The Morgan fingerprint density at radius 3 is 2.86 bits per heavy atom. The van der Waals surface area contributed by atoms with Crippen molar-refractivity contribution in [3.63, 3.8) is 0 Å². The molecule has 0 fully saturated rings. The van der Waals surface area contributed by atoms with Crippen LogP contribution in [0.15, 0.2) is 36.7 Å². The lowest BCUT2D eigenvalue weighted by Crippen LogP contribution is -2.07. The number of tetrazole rings is 1. The molecule has 0 saturated heterocycles. The first-order chi connectivity index (χ1) is 10.2. The Morgan fingerprint density at radius 1 is 1.14 bits per heavy atom. The van der Waals surface area contributed by atoms with Crippen LogP contribution in [0.4, 0.5) is 11.6 Å². The first kappa shape index (κ1) is 13.7. The van der Waals surface area contributed by atoms with Crippen molar-refractivity contribution in [2.45, 2.75) is 6.54 Å². The quantitative estimate of drug-likeness (QED) is 0.795. The molecule has 1 N–H and O–H groups in total. The van der Waals surface area contributed by atoms with Gasteiger partial charge in [-0.1, -0.05) is 34.4 Å². The zero-order chi connectivity index (χ0) is 14.7. The Bertz CT molecular complexity index is 744. The molecule has 0 bridgehead atoms. The average Bonchev–Trinajstić information content (AvgIpc) is 2.92. The molecule has 7 nitrogen and oxygen atoms in total. The second-order valence-corrected chi connectivity index (χ2v) is 4.92. The Kier molecular flexibility index (Phi) is 3.94. The summed E-state index contributed by atoms with van der Waals surface area (Å²) in [5, 5.41) is 23.0. The molecule has 0 amide bonds. The predicted octanol–water partition coefficient (Wildman–Crippen LogP) is 2.56.